The summed E-state index contributed by atoms with van der Waals surface area (Å²) in [7, 11) is 0. The van der Waals surface area contributed by atoms with E-state index in [1.165, 1.54) is 0 Å². The molecule has 0 aromatic carbocycles. The Kier molecular flexibility index (Phi) is 6.17. The van der Waals surface area contributed by atoms with Crippen molar-refractivity contribution in [3.63, 3.8) is 0 Å². The molecule has 1 heterocycles. The Morgan fingerprint density at radius 3 is 2.60 bits per heavy atom. The molecule has 0 amide bonds. The average molecular weight is 217 g/mol. The number of hydrogen-bond acceptors (Lipinski definition) is 4. The van der Waals surface area contributed by atoms with Gasteiger partial charge in [0.15, 0.2) is 0 Å². The van der Waals surface area contributed by atoms with Crippen molar-refractivity contribution in [1.29, 1.82) is 0 Å². The molecule has 90 valence electrons. The molecule has 0 saturated carbocycles. The van der Waals surface area contributed by atoms with Crippen molar-refractivity contribution in [2.45, 2.75) is 31.8 Å². The maximum absolute atomic E-state index is 5.88. The Bertz CT molecular complexity index is 158. The van der Waals surface area contributed by atoms with Gasteiger partial charge in [-0.1, -0.05) is 0 Å². The summed E-state index contributed by atoms with van der Waals surface area (Å²) in [6, 6.07) is 0. The predicted octanol–water partition coefficient (Wildman–Crippen LogP) is 0.937. The zero-order valence-electron chi connectivity index (χ0n) is 9.67. The largest absolute Gasteiger partial charge is 0.382 e. The van der Waals surface area contributed by atoms with E-state index in [4.69, 9.17) is 19.9 Å². The van der Waals surface area contributed by atoms with Gasteiger partial charge in [-0.25, -0.2) is 0 Å². The molecule has 0 atom stereocenters. The maximum atomic E-state index is 5.88. The van der Waals surface area contributed by atoms with Crippen LogP contribution < -0.4 is 5.73 Å². The van der Waals surface area contributed by atoms with Crippen LogP contribution in [0, 0.1) is 0 Å². The molecule has 1 fully saturated rings. The molecular weight excluding hydrogens is 194 g/mol. The van der Waals surface area contributed by atoms with Crippen LogP contribution in [-0.4, -0.2) is 45.2 Å². The molecule has 15 heavy (non-hydrogen) atoms. The molecule has 0 aromatic heterocycles. The second kappa shape index (κ2) is 7.17. The Labute approximate surface area is 92.1 Å². The van der Waals surface area contributed by atoms with Gasteiger partial charge in [0.25, 0.3) is 0 Å². The normalized spacial score (nSPS) is 20.4. The molecular formula is C11H23NO3. The van der Waals surface area contributed by atoms with Crippen LogP contribution in [0.2, 0.25) is 0 Å². The van der Waals surface area contributed by atoms with Gasteiger partial charge >= 0.3 is 0 Å². The summed E-state index contributed by atoms with van der Waals surface area (Å²) >= 11 is 0. The zero-order chi connectivity index (χ0) is 11.0. The predicted molar refractivity (Wildman–Crippen MR) is 58.9 cm³/mol. The van der Waals surface area contributed by atoms with Crippen LogP contribution in [0.1, 0.15) is 26.2 Å². The zero-order valence-corrected chi connectivity index (χ0v) is 9.67. The van der Waals surface area contributed by atoms with Gasteiger partial charge in [-0.2, -0.15) is 0 Å². The van der Waals surface area contributed by atoms with Crippen LogP contribution in [0.4, 0.5) is 0 Å². The van der Waals surface area contributed by atoms with Crippen molar-refractivity contribution in [2.75, 3.05) is 39.6 Å². The minimum absolute atomic E-state index is 0.134. The highest BCUT2D eigenvalue weighted by molar-refractivity contribution is 4.84. The van der Waals surface area contributed by atoms with E-state index in [2.05, 4.69) is 0 Å². The molecule has 4 heteroatoms. The molecule has 0 unspecified atom stereocenters. The quantitative estimate of drug-likeness (QED) is 0.645. The Morgan fingerprint density at radius 2 is 2.00 bits per heavy atom. The summed E-state index contributed by atoms with van der Waals surface area (Å²) in [6.45, 7) is 6.40. The average Bonchev–Trinajstić information content (AvgIpc) is 2.30. The Morgan fingerprint density at radius 1 is 1.27 bits per heavy atom. The lowest BCUT2D eigenvalue weighted by atomic mass is 9.94. The van der Waals surface area contributed by atoms with Gasteiger partial charge in [0.05, 0.1) is 5.60 Å². The van der Waals surface area contributed by atoms with Crippen LogP contribution in [0.5, 0.6) is 0 Å². The van der Waals surface area contributed by atoms with Gasteiger partial charge in [-0.05, 0) is 13.3 Å². The molecule has 1 aliphatic rings. The first-order valence-electron chi connectivity index (χ1n) is 5.82. The number of rotatable bonds is 7. The molecule has 0 radical (unpaired) electrons. The van der Waals surface area contributed by atoms with Crippen LogP contribution >= 0.6 is 0 Å². The molecule has 1 saturated heterocycles. The second-order valence-corrected chi connectivity index (χ2v) is 3.90. The van der Waals surface area contributed by atoms with E-state index < -0.39 is 0 Å². The van der Waals surface area contributed by atoms with Crippen LogP contribution in [-0.2, 0) is 14.2 Å². The van der Waals surface area contributed by atoms with E-state index in [9.17, 15) is 0 Å². The van der Waals surface area contributed by atoms with Crippen LogP contribution in [0.25, 0.3) is 0 Å². The first-order valence-corrected chi connectivity index (χ1v) is 5.82. The lowest BCUT2D eigenvalue weighted by Gasteiger charge is -2.36. The molecule has 0 bridgehead atoms. The Hall–Kier alpha value is -0.160. The minimum Gasteiger partial charge on any atom is -0.382 e. The van der Waals surface area contributed by atoms with Crippen LogP contribution in [0.15, 0.2) is 0 Å². The summed E-state index contributed by atoms with van der Waals surface area (Å²) in [5.74, 6) is 0. The summed E-state index contributed by atoms with van der Waals surface area (Å²) in [6.07, 6.45) is 2.77. The molecule has 1 rings (SSSR count). The fourth-order valence-electron chi connectivity index (χ4n) is 1.74. The second-order valence-electron chi connectivity index (χ2n) is 3.90. The monoisotopic (exact) mass is 217 g/mol. The molecule has 0 spiro atoms. The molecule has 4 nitrogen and oxygen atoms in total. The van der Waals surface area contributed by atoms with Crippen molar-refractivity contribution in [1.82, 2.24) is 0 Å². The van der Waals surface area contributed by atoms with Gasteiger partial charge in [-0.15, -0.1) is 0 Å². The fraction of sp³-hybridized carbons (Fsp3) is 1.00. The third-order valence-corrected chi connectivity index (χ3v) is 2.82. The highest BCUT2D eigenvalue weighted by Crippen LogP contribution is 2.23. The number of hydrogen-bond donors (Lipinski definition) is 1. The summed E-state index contributed by atoms with van der Waals surface area (Å²) in [5, 5.41) is 0. The topological polar surface area (TPSA) is 53.7 Å². The third-order valence-electron chi connectivity index (χ3n) is 2.82. The van der Waals surface area contributed by atoms with Crippen molar-refractivity contribution < 1.29 is 14.2 Å². The van der Waals surface area contributed by atoms with Crippen LogP contribution in [0.3, 0.4) is 0 Å². The third kappa shape index (κ3) is 4.47. The molecule has 1 aliphatic heterocycles. The smallest absolute Gasteiger partial charge is 0.0847 e. The molecule has 0 aromatic rings. The van der Waals surface area contributed by atoms with Gasteiger partial charge in [-0.3, -0.25) is 0 Å². The lowest BCUT2D eigenvalue weighted by molar-refractivity contribution is -0.107. The van der Waals surface area contributed by atoms with Gasteiger partial charge in [0, 0.05) is 52.4 Å². The van der Waals surface area contributed by atoms with E-state index in [0.29, 0.717) is 6.54 Å². The highest BCUT2D eigenvalue weighted by atomic mass is 16.5. The van der Waals surface area contributed by atoms with Gasteiger partial charge in [0.1, 0.15) is 0 Å². The lowest BCUT2D eigenvalue weighted by Crippen LogP contribution is -2.45. The van der Waals surface area contributed by atoms with E-state index in [1.54, 1.807) is 0 Å². The molecule has 0 aliphatic carbocycles. The van der Waals surface area contributed by atoms with E-state index in [1.807, 2.05) is 6.92 Å². The van der Waals surface area contributed by atoms with Crippen molar-refractivity contribution in [3.8, 4) is 0 Å². The van der Waals surface area contributed by atoms with Crippen molar-refractivity contribution in [3.05, 3.63) is 0 Å². The first kappa shape index (κ1) is 12.9. The first-order chi connectivity index (χ1) is 7.33. The van der Waals surface area contributed by atoms with Gasteiger partial charge in [0.2, 0.25) is 0 Å². The number of nitrogens with two attached hydrogens (primary N) is 1. The van der Waals surface area contributed by atoms with Crippen molar-refractivity contribution >= 4 is 0 Å². The van der Waals surface area contributed by atoms with E-state index in [0.717, 1.165) is 52.3 Å². The maximum Gasteiger partial charge on any atom is 0.0847 e. The molecule has 2 N–H and O–H groups in total. The summed E-state index contributed by atoms with van der Waals surface area (Å²) in [4.78, 5) is 0. The fourth-order valence-corrected chi connectivity index (χ4v) is 1.74. The number of ether oxygens (including phenoxy) is 3. The standard InChI is InChI=1S/C11H23NO3/c1-2-13-6-3-7-15-11(10-12)4-8-14-9-5-11/h2-10,12H2,1H3. The highest BCUT2D eigenvalue weighted by Gasteiger charge is 2.31. The SMILES string of the molecule is CCOCCCOC1(CN)CCOCC1. The summed E-state index contributed by atoms with van der Waals surface area (Å²) < 4.78 is 16.4. The van der Waals surface area contributed by atoms with E-state index >= 15 is 0 Å². The summed E-state index contributed by atoms with van der Waals surface area (Å²) in [5.41, 5.74) is 5.63. The van der Waals surface area contributed by atoms with Crippen molar-refractivity contribution in [2.24, 2.45) is 5.73 Å². The van der Waals surface area contributed by atoms with Gasteiger partial charge < -0.3 is 19.9 Å². The van der Waals surface area contributed by atoms with E-state index in [-0.39, 0.29) is 5.60 Å². The minimum atomic E-state index is -0.134. The Balaban J connectivity index is 2.15.